The molecule has 0 bridgehead atoms. The average Bonchev–Trinajstić information content (AvgIpc) is 3.11. The van der Waals surface area contributed by atoms with Crippen molar-refractivity contribution in [2.24, 2.45) is 23.7 Å². The molecule has 4 fully saturated rings. The lowest BCUT2D eigenvalue weighted by Crippen LogP contribution is -2.54. The second-order valence-corrected chi connectivity index (χ2v) is 13.1. The first-order valence-electron chi connectivity index (χ1n) is 15.3. The van der Waals surface area contributed by atoms with Crippen molar-refractivity contribution in [3.63, 3.8) is 0 Å². The molecule has 0 amide bonds. The Hall–Kier alpha value is -0.640. The van der Waals surface area contributed by atoms with Crippen LogP contribution < -0.4 is 0 Å². The Morgan fingerprint density at radius 3 is 2.47 bits per heavy atom. The third kappa shape index (κ3) is 5.09. The number of fused-ring (bicyclic) bond motifs is 3. The fraction of sp³-hybridized carbons (Fsp3) is 0.871. The first-order valence-corrected chi connectivity index (χ1v) is 15.3. The SMILES string of the molecule is CC1CCC2C=CC(CC3CCCN4C(CC5CCCN6CCCCCC56)C=CCC34)CN2C1. The Kier molecular flexibility index (Phi) is 7.52. The molecule has 0 aromatic carbocycles. The molecule has 4 saturated heterocycles. The van der Waals surface area contributed by atoms with Crippen LogP contribution >= 0.6 is 0 Å². The number of rotatable bonds is 4. The van der Waals surface area contributed by atoms with Gasteiger partial charge in [-0.15, -0.1) is 0 Å². The summed E-state index contributed by atoms with van der Waals surface area (Å²) in [6.45, 7) is 9.22. The lowest BCUT2D eigenvalue weighted by Gasteiger charge is -2.50. The molecule has 0 spiro atoms. The van der Waals surface area contributed by atoms with E-state index in [0.29, 0.717) is 6.04 Å². The Balaban J connectivity index is 1.10. The molecule has 0 radical (unpaired) electrons. The standard InChI is InChI=1S/C31H51N3/c1-24-13-15-28-16-14-25(23-33(28)22-24)20-26-9-7-19-34-29(10-5-12-31(26)34)21-27-8-6-18-32-17-4-2-3-11-30(27)32/h5,10,14,16,24-31H,2-4,6-9,11-13,15,17-23H2,1H3. The van der Waals surface area contributed by atoms with Crippen molar-refractivity contribution in [1.82, 2.24) is 14.7 Å². The van der Waals surface area contributed by atoms with Gasteiger partial charge in [-0.25, -0.2) is 0 Å². The minimum Gasteiger partial charge on any atom is -0.300 e. The summed E-state index contributed by atoms with van der Waals surface area (Å²) in [6, 6.07) is 3.15. The summed E-state index contributed by atoms with van der Waals surface area (Å²) < 4.78 is 0. The zero-order chi connectivity index (χ0) is 22.9. The van der Waals surface area contributed by atoms with E-state index >= 15 is 0 Å². The van der Waals surface area contributed by atoms with E-state index in [2.05, 4.69) is 45.9 Å². The molecule has 3 nitrogen and oxygen atoms in total. The smallest absolute Gasteiger partial charge is 0.0284 e. The Labute approximate surface area is 210 Å². The minimum atomic E-state index is 0.712. The van der Waals surface area contributed by atoms with Crippen molar-refractivity contribution >= 4 is 0 Å². The third-order valence-electron chi connectivity index (χ3n) is 10.8. The van der Waals surface area contributed by atoms with Gasteiger partial charge in [0.25, 0.3) is 0 Å². The third-order valence-corrected chi connectivity index (χ3v) is 10.8. The Morgan fingerprint density at radius 2 is 1.53 bits per heavy atom. The van der Waals surface area contributed by atoms with E-state index in [-0.39, 0.29) is 0 Å². The van der Waals surface area contributed by atoms with Crippen LogP contribution in [-0.4, -0.2) is 71.6 Å². The summed E-state index contributed by atoms with van der Waals surface area (Å²) in [5.74, 6) is 3.51. The topological polar surface area (TPSA) is 9.72 Å². The zero-order valence-electron chi connectivity index (χ0n) is 22.0. The first kappa shape index (κ1) is 23.7. The van der Waals surface area contributed by atoms with Crippen molar-refractivity contribution in [2.75, 3.05) is 32.7 Å². The van der Waals surface area contributed by atoms with Crippen molar-refractivity contribution in [3.8, 4) is 0 Å². The Bertz CT molecular complexity index is 730. The molecule has 0 N–H and O–H groups in total. The predicted octanol–water partition coefficient (Wildman–Crippen LogP) is 6.12. The van der Waals surface area contributed by atoms with E-state index in [0.717, 1.165) is 41.8 Å². The summed E-state index contributed by atoms with van der Waals surface area (Å²) >= 11 is 0. The molecule has 8 atom stereocenters. The number of nitrogens with zero attached hydrogens (tertiary/aromatic N) is 3. The van der Waals surface area contributed by atoms with Crippen molar-refractivity contribution in [3.05, 3.63) is 24.3 Å². The average molecular weight is 466 g/mol. The molecule has 0 aromatic rings. The monoisotopic (exact) mass is 465 g/mol. The molecule has 6 heterocycles. The van der Waals surface area contributed by atoms with Crippen LogP contribution in [0.3, 0.4) is 0 Å². The van der Waals surface area contributed by atoms with Crippen LogP contribution in [0.5, 0.6) is 0 Å². The number of piperidine rings is 3. The Morgan fingerprint density at radius 1 is 0.676 bits per heavy atom. The second-order valence-electron chi connectivity index (χ2n) is 13.1. The molecule has 0 saturated carbocycles. The first-order chi connectivity index (χ1) is 16.7. The molecule has 34 heavy (non-hydrogen) atoms. The van der Waals surface area contributed by atoms with Gasteiger partial charge in [0, 0.05) is 37.3 Å². The van der Waals surface area contributed by atoms with Crippen LogP contribution in [-0.2, 0) is 0 Å². The normalized spacial score (nSPS) is 44.1. The van der Waals surface area contributed by atoms with Gasteiger partial charge in [0.15, 0.2) is 0 Å². The quantitative estimate of drug-likeness (QED) is 0.463. The minimum absolute atomic E-state index is 0.712. The number of hydrogen-bond donors (Lipinski definition) is 0. The van der Waals surface area contributed by atoms with E-state index in [1.807, 2.05) is 0 Å². The van der Waals surface area contributed by atoms with E-state index in [9.17, 15) is 0 Å². The molecule has 0 aliphatic carbocycles. The summed E-state index contributed by atoms with van der Waals surface area (Å²) in [6.07, 6.45) is 29.1. The van der Waals surface area contributed by atoms with Crippen LogP contribution in [0, 0.1) is 23.7 Å². The highest BCUT2D eigenvalue weighted by Crippen LogP contribution is 2.40. The van der Waals surface area contributed by atoms with Gasteiger partial charge in [-0.2, -0.15) is 0 Å². The van der Waals surface area contributed by atoms with Crippen LogP contribution in [0.1, 0.15) is 90.4 Å². The summed E-state index contributed by atoms with van der Waals surface area (Å²) in [5.41, 5.74) is 0. The molecule has 3 heteroatoms. The second kappa shape index (κ2) is 10.8. The molecule has 6 rings (SSSR count). The molecule has 0 aromatic heterocycles. The van der Waals surface area contributed by atoms with Gasteiger partial charge >= 0.3 is 0 Å². The van der Waals surface area contributed by atoms with Gasteiger partial charge in [0.05, 0.1) is 0 Å². The fourth-order valence-corrected chi connectivity index (χ4v) is 9.10. The summed E-state index contributed by atoms with van der Waals surface area (Å²) in [5, 5.41) is 0. The van der Waals surface area contributed by atoms with E-state index < -0.39 is 0 Å². The maximum absolute atomic E-state index is 3.00. The molecule has 190 valence electrons. The van der Waals surface area contributed by atoms with Gasteiger partial charge < -0.3 is 4.90 Å². The van der Waals surface area contributed by atoms with Crippen LogP contribution in [0.15, 0.2) is 24.3 Å². The van der Waals surface area contributed by atoms with Gasteiger partial charge in [0.2, 0.25) is 0 Å². The van der Waals surface area contributed by atoms with Gasteiger partial charge in [0.1, 0.15) is 0 Å². The molecule has 6 aliphatic rings. The highest BCUT2D eigenvalue weighted by Gasteiger charge is 2.40. The molecule has 8 unspecified atom stereocenters. The summed E-state index contributed by atoms with van der Waals surface area (Å²) in [7, 11) is 0. The van der Waals surface area contributed by atoms with E-state index in [1.165, 1.54) is 116 Å². The molecular weight excluding hydrogens is 414 g/mol. The predicted molar refractivity (Wildman–Crippen MR) is 143 cm³/mol. The van der Waals surface area contributed by atoms with Gasteiger partial charge in [-0.1, -0.05) is 44.1 Å². The highest BCUT2D eigenvalue weighted by atomic mass is 15.2. The van der Waals surface area contributed by atoms with Crippen LogP contribution in [0.25, 0.3) is 0 Å². The lowest BCUT2D eigenvalue weighted by atomic mass is 9.75. The maximum atomic E-state index is 3.00. The fourth-order valence-electron chi connectivity index (χ4n) is 9.10. The maximum Gasteiger partial charge on any atom is 0.0284 e. The largest absolute Gasteiger partial charge is 0.300 e. The van der Waals surface area contributed by atoms with E-state index in [1.54, 1.807) is 0 Å². The summed E-state index contributed by atoms with van der Waals surface area (Å²) in [4.78, 5) is 8.72. The van der Waals surface area contributed by atoms with Crippen molar-refractivity contribution in [1.29, 1.82) is 0 Å². The zero-order valence-corrected chi connectivity index (χ0v) is 22.0. The van der Waals surface area contributed by atoms with E-state index in [4.69, 9.17) is 0 Å². The molecule has 6 aliphatic heterocycles. The van der Waals surface area contributed by atoms with Gasteiger partial charge in [-0.05, 0) is 114 Å². The van der Waals surface area contributed by atoms with Crippen LogP contribution in [0.4, 0.5) is 0 Å². The van der Waals surface area contributed by atoms with Gasteiger partial charge in [-0.3, -0.25) is 9.80 Å². The lowest BCUT2D eigenvalue weighted by molar-refractivity contribution is 0.0208. The highest BCUT2D eigenvalue weighted by molar-refractivity contribution is 5.10. The van der Waals surface area contributed by atoms with Crippen LogP contribution in [0.2, 0.25) is 0 Å². The molecular formula is C31H51N3. The van der Waals surface area contributed by atoms with Crippen molar-refractivity contribution in [2.45, 2.75) is 115 Å². The van der Waals surface area contributed by atoms with Crippen molar-refractivity contribution < 1.29 is 0 Å². The number of hydrogen-bond acceptors (Lipinski definition) is 3.